The van der Waals surface area contributed by atoms with Gasteiger partial charge in [0.15, 0.2) is 0 Å². The zero-order chi connectivity index (χ0) is 11.1. The number of amidine groups is 1. The van der Waals surface area contributed by atoms with Gasteiger partial charge in [-0.3, -0.25) is 0 Å². The maximum Gasteiger partial charge on any atom is 0.226 e. The number of aromatic nitrogens is 2. The van der Waals surface area contributed by atoms with Crippen LogP contribution < -0.4 is 16.8 Å². The first-order valence-corrected chi connectivity index (χ1v) is 4.63. The molecule has 0 saturated heterocycles. The Hall–Kier alpha value is -1.98. The van der Waals surface area contributed by atoms with Gasteiger partial charge >= 0.3 is 0 Å². The molecule has 0 radical (unpaired) electrons. The van der Waals surface area contributed by atoms with Crippen LogP contribution in [0, 0.1) is 0 Å². The van der Waals surface area contributed by atoms with Crippen LogP contribution in [0.2, 0.25) is 0 Å². The highest BCUT2D eigenvalue weighted by Crippen LogP contribution is 2.19. The average molecular weight is 206 g/mol. The molecule has 2 heterocycles. The summed E-state index contributed by atoms with van der Waals surface area (Å²) in [7, 11) is 0. The molecule has 0 bridgehead atoms. The van der Waals surface area contributed by atoms with Gasteiger partial charge in [0.05, 0.1) is 0 Å². The number of nitrogens with one attached hydrogen (secondary N) is 1. The molecule has 6 nitrogen and oxygen atoms in total. The van der Waals surface area contributed by atoms with E-state index >= 15 is 0 Å². The topological polar surface area (TPSA) is 94.2 Å². The number of hydrogen-bond donors (Lipinski definition) is 3. The van der Waals surface area contributed by atoms with Crippen LogP contribution in [0.25, 0.3) is 0 Å². The first kappa shape index (κ1) is 9.57. The SMILES string of the molecule is CC1=C(N)NC(C)(n2cccn2)N=C1N. The summed E-state index contributed by atoms with van der Waals surface area (Å²) in [5.41, 5.74) is 12.4. The van der Waals surface area contributed by atoms with Crippen LogP contribution in [0.5, 0.6) is 0 Å². The standard InChI is InChI=1S/C9H14N6/c1-6-7(10)13-9(2,14-8(6)11)15-5-3-4-12-15/h3-5,13H,10H2,1-2H3,(H2,11,14). The molecular formula is C9H14N6. The first-order valence-electron chi connectivity index (χ1n) is 4.63. The Bertz CT molecular complexity index is 429. The molecule has 0 amide bonds. The Morgan fingerprint density at radius 3 is 2.73 bits per heavy atom. The van der Waals surface area contributed by atoms with Crippen LogP contribution in [-0.2, 0) is 5.79 Å². The predicted molar refractivity (Wildman–Crippen MR) is 57.5 cm³/mol. The molecule has 15 heavy (non-hydrogen) atoms. The summed E-state index contributed by atoms with van der Waals surface area (Å²) in [5, 5.41) is 7.18. The van der Waals surface area contributed by atoms with Crippen molar-refractivity contribution in [1.82, 2.24) is 15.1 Å². The molecule has 2 rings (SSSR count). The number of nitrogens with two attached hydrogens (primary N) is 2. The second kappa shape index (κ2) is 3.01. The molecule has 5 N–H and O–H groups in total. The predicted octanol–water partition coefficient (Wildman–Crippen LogP) is -0.336. The van der Waals surface area contributed by atoms with E-state index in [9.17, 15) is 0 Å². The van der Waals surface area contributed by atoms with E-state index in [4.69, 9.17) is 11.5 Å². The van der Waals surface area contributed by atoms with Crippen LogP contribution in [0.1, 0.15) is 13.8 Å². The van der Waals surface area contributed by atoms with Gasteiger partial charge in [-0.1, -0.05) is 0 Å². The summed E-state index contributed by atoms with van der Waals surface area (Å²) in [6.45, 7) is 3.68. The third-order valence-electron chi connectivity index (χ3n) is 2.45. The molecular weight excluding hydrogens is 192 g/mol. The number of aliphatic imine (C=N–C) groups is 1. The summed E-state index contributed by atoms with van der Waals surface area (Å²) in [6, 6.07) is 1.82. The van der Waals surface area contributed by atoms with Crippen molar-refractivity contribution in [3.63, 3.8) is 0 Å². The lowest BCUT2D eigenvalue weighted by Gasteiger charge is -2.32. The molecule has 0 aliphatic carbocycles. The Morgan fingerprint density at radius 2 is 2.20 bits per heavy atom. The number of hydrogen-bond acceptors (Lipinski definition) is 5. The fourth-order valence-electron chi connectivity index (χ4n) is 1.47. The van der Waals surface area contributed by atoms with Gasteiger partial charge in [0.25, 0.3) is 0 Å². The van der Waals surface area contributed by atoms with Crippen molar-refractivity contribution in [2.45, 2.75) is 19.6 Å². The van der Waals surface area contributed by atoms with E-state index in [0.717, 1.165) is 5.57 Å². The van der Waals surface area contributed by atoms with Crippen molar-refractivity contribution in [1.29, 1.82) is 0 Å². The van der Waals surface area contributed by atoms with Crippen molar-refractivity contribution in [2.75, 3.05) is 0 Å². The van der Waals surface area contributed by atoms with Crippen molar-refractivity contribution in [3.8, 4) is 0 Å². The summed E-state index contributed by atoms with van der Waals surface area (Å²) >= 11 is 0. The molecule has 0 saturated carbocycles. The number of nitrogens with zero attached hydrogens (tertiary/aromatic N) is 3. The van der Waals surface area contributed by atoms with Crippen molar-refractivity contribution in [2.24, 2.45) is 16.5 Å². The van der Waals surface area contributed by atoms with Gasteiger partial charge in [-0.25, -0.2) is 9.67 Å². The Kier molecular flexibility index (Phi) is 1.92. The molecule has 0 spiro atoms. The smallest absolute Gasteiger partial charge is 0.226 e. The van der Waals surface area contributed by atoms with Crippen LogP contribution in [0.4, 0.5) is 0 Å². The van der Waals surface area contributed by atoms with Crippen molar-refractivity contribution >= 4 is 5.84 Å². The normalized spacial score (nSPS) is 26.1. The summed E-state index contributed by atoms with van der Waals surface area (Å²) in [4.78, 5) is 4.33. The van der Waals surface area contributed by atoms with E-state index in [-0.39, 0.29) is 0 Å². The van der Waals surface area contributed by atoms with Crippen LogP contribution in [-0.4, -0.2) is 15.6 Å². The third-order valence-corrected chi connectivity index (χ3v) is 2.45. The van der Waals surface area contributed by atoms with Gasteiger partial charge < -0.3 is 16.8 Å². The van der Waals surface area contributed by atoms with E-state index in [1.807, 2.05) is 19.9 Å². The highest BCUT2D eigenvalue weighted by Gasteiger charge is 2.30. The average Bonchev–Trinajstić information content (AvgIpc) is 2.67. The molecule has 1 aliphatic rings. The highest BCUT2D eigenvalue weighted by molar-refractivity contribution is 5.97. The Balaban J connectivity index is 2.43. The van der Waals surface area contributed by atoms with E-state index in [0.29, 0.717) is 11.7 Å². The minimum atomic E-state index is -0.739. The molecule has 6 heteroatoms. The van der Waals surface area contributed by atoms with Gasteiger partial charge in [-0.2, -0.15) is 5.10 Å². The van der Waals surface area contributed by atoms with Gasteiger partial charge in [0.1, 0.15) is 11.7 Å². The van der Waals surface area contributed by atoms with Crippen LogP contribution in [0.3, 0.4) is 0 Å². The molecule has 1 aromatic heterocycles. The lowest BCUT2D eigenvalue weighted by atomic mass is 10.2. The van der Waals surface area contributed by atoms with E-state index < -0.39 is 5.79 Å². The van der Waals surface area contributed by atoms with E-state index in [2.05, 4.69) is 15.4 Å². The molecule has 1 aliphatic heterocycles. The minimum Gasteiger partial charge on any atom is -0.385 e. The highest BCUT2D eigenvalue weighted by atomic mass is 15.5. The Labute approximate surface area is 87.7 Å². The molecule has 0 aromatic carbocycles. The summed E-state index contributed by atoms with van der Waals surface area (Å²) in [6.07, 6.45) is 3.48. The van der Waals surface area contributed by atoms with Crippen LogP contribution in [0.15, 0.2) is 34.8 Å². The van der Waals surface area contributed by atoms with Gasteiger partial charge in [0.2, 0.25) is 5.79 Å². The van der Waals surface area contributed by atoms with Gasteiger partial charge in [0, 0.05) is 24.9 Å². The van der Waals surface area contributed by atoms with E-state index in [1.165, 1.54) is 0 Å². The molecule has 1 atom stereocenters. The quantitative estimate of drug-likeness (QED) is 0.586. The largest absolute Gasteiger partial charge is 0.385 e. The monoisotopic (exact) mass is 206 g/mol. The zero-order valence-corrected chi connectivity index (χ0v) is 8.73. The molecule has 1 aromatic rings. The van der Waals surface area contributed by atoms with Crippen LogP contribution >= 0.6 is 0 Å². The summed E-state index contributed by atoms with van der Waals surface area (Å²) in [5.74, 6) is 0.224. The molecule has 0 fully saturated rings. The fourth-order valence-corrected chi connectivity index (χ4v) is 1.47. The number of rotatable bonds is 1. The lowest BCUT2D eigenvalue weighted by Crippen LogP contribution is -2.50. The zero-order valence-electron chi connectivity index (χ0n) is 8.73. The lowest BCUT2D eigenvalue weighted by molar-refractivity contribution is 0.248. The van der Waals surface area contributed by atoms with Gasteiger partial charge in [-0.05, 0) is 13.0 Å². The third kappa shape index (κ3) is 1.43. The Morgan fingerprint density at radius 1 is 1.47 bits per heavy atom. The van der Waals surface area contributed by atoms with Gasteiger partial charge in [-0.15, -0.1) is 0 Å². The first-order chi connectivity index (χ1) is 7.03. The minimum absolute atomic E-state index is 0.434. The maximum atomic E-state index is 5.82. The molecule has 80 valence electrons. The maximum absolute atomic E-state index is 5.82. The van der Waals surface area contributed by atoms with Crippen molar-refractivity contribution < 1.29 is 0 Å². The van der Waals surface area contributed by atoms with Crippen molar-refractivity contribution in [3.05, 3.63) is 29.9 Å². The second-order valence-corrected chi connectivity index (χ2v) is 3.63. The second-order valence-electron chi connectivity index (χ2n) is 3.63. The summed E-state index contributed by atoms with van der Waals surface area (Å²) < 4.78 is 1.67. The fraction of sp³-hybridized carbons (Fsp3) is 0.333. The van der Waals surface area contributed by atoms with E-state index in [1.54, 1.807) is 17.1 Å². The molecule has 1 unspecified atom stereocenters.